The second kappa shape index (κ2) is 11.6. The van der Waals surface area contributed by atoms with Gasteiger partial charge >= 0.3 is 0 Å². The van der Waals surface area contributed by atoms with E-state index in [-0.39, 0.29) is 12.0 Å². The van der Waals surface area contributed by atoms with E-state index < -0.39 is 0 Å². The van der Waals surface area contributed by atoms with Crippen molar-refractivity contribution < 1.29 is 4.74 Å². The van der Waals surface area contributed by atoms with Gasteiger partial charge < -0.3 is 4.74 Å². The first-order valence-electron chi connectivity index (χ1n) is 17.7. The zero-order chi connectivity index (χ0) is 34.2. The van der Waals surface area contributed by atoms with Crippen LogP contribution in [0, 0.1) is 0 Å². The van der Waals surface area contributed by atoms with Gasteiger partial charge in [-0.3, -0.25) is 0 Å². The highest BCUT2D eigenvalue weighted by Crippen LogP contribution is 2.52. The molecule has 0 N–H and O–H groups in total. The molecular formula is C48H30N2OS. The van der Waals surface area contributed by atoms with Crippen molar-refractivity contribution in [3.63, 3.8) is 0 Å². The minimum atomic E-state index is -0.0743. The van der Waals surface area contributed by atoms with Gasteiger partial charge in [0, 0.05) is 32.2 Å². The Labute approximate surface area is 304 Å². The maximum atomic E-state index is 6.78. The third-order valence-corrected chi connectivity index (χ3v) is 11.8. The normalized spacial score (nSPS) is 16.3. The van der Waals surface area contributed by atoms with Crippen molar-refractivity contribution in [2.75, 3.05) is 0 Å². The molecule has 0 radical (unpaired) electrons. The summed E-state index contributed by atoms with van der Waals surface area (Å²) in [4.78, 5) is 10.9. The molecule has 0 spiro atoms. The predicted molar refractivity (Wildman–Crippen MR) is 217 cm³/mol. The number of allylic oxidation sites excluding steroid dienone is 2. The summed E-state index contributed by atoms with van der Waals surface area (Å²) in [7, 11) is 0. The molecule has 11 rings (SSSR count). The summed E-state index contributed by atoms with van der Waals surface area (Å²) in [5.41, 5.74) is 10.1. The third-order valence-electron chi connectivity index (χ3n) is 10.7. The Kier molecular flexibility index (Phi) is 6.55. The number of benzene rings is 7. The predicted octanol–water partition coefficient (Wildman–Crippen LogP) is 12.6. The number of thiophene rings is 1. The Morgan fingerprint density at radius 2 is 1.27 bits per heavy atom. The molecule has 4 heteroatoms. The topological polar surface area (TPSA) is 35.0 Å². The monoisotopic (exact) mass is 682 g/mol. The summed E-state index contributed by atoms with van der Waals surface area (Å²) < 4.78 is 9.09. The molecule has 1 aliphatic heterocycles. The van der Waals surface area contributed by atoms with Crippen molar-refractivity contribution in [3.8, 4) is 39.5 Å². The van der Waals surface area contributed by atoms with Crippen molar-refractivity contribution in [3.05, 3.63) is 181 Å². The van der Waals surface area contributed by atoms with Gasteiger partial charge in [0.1, 0.15) is 11.9 Å². The van der Waals surface area contributed by atoms with E-state index in [2.05, 4.69) is 170 Å². The molecule has 2 aromatic heterocycles. The van der Waals surface area contributed by atoms with Gasteiger partial charge in [0.2, 0.25) is 0 Å². The van der Waals surface area contributed by atoms with Gasteiger partial charge in [0.15, 0.2) is 5.82 Å². The third kappa shape index (κ3) is 4.58. The van der Waals surface area contributed by atoms with Crippen LogP contribution in [0.4, 0.5) is 0 Å². The Bertz CT molecular complexity index is 2940. The van der Waals surface area contributed by atoms with Gasteiger partial charge in [0.05, 0.1) is 21.8 Å². The largest absolute Gasteiger partial charge is 0.484 e. The fourth-order valence-electron chi connectivity index (χ4n) is 8.17. The van der Waals surface area contributed by atoms with E-state index in [0.29, 0.717) is 0 Å². The second-order valence-electron chi connectivity index (χ2n) is 13.6. The molecule has 0 saturated heterocycles. The molecule has 2 unspecified atom stereocenters. The van der Waals surface area contributed by atoms with E-state index in [1.165, 1.54) is 43.3 Å². The van der Waals surface area contributed by atoms with Crippen LogP contribution in [-0.4, -0.2) is 16.1 Å². The van der Waals surface area contributed by atoms with E-state index in [4.69, 9.17) is 14.7 Å². The molecule has 2 atom stereocenters. The maximum absolute atomic E-state index is 6.78. The lowest BCUT2D eigenvalue weighted by Gasteiger charge is -2.23. The van der Waals surface area contributed by atoms with Crippen LogP contribution < -0.4 is 4.74 Å². The number of hydrogen-bond donors (Lipinski definition) is 0. The summed E-state index contributed by atoms with van der Waals surface area (Å²) in [5, 5.41) is 5.82. The summed E-state index contributed by atoms with van der Waals surface area (Å²) in [6.07, 6.45) is 6.48. The summed E-state index contributed by atoms with van der Waals surface area (Å²) in [5.74, 6) is 1.75. The lowest BCUT2D eigenvalue weighted by atomic mass is 9.80. The first-order chi connectivity index (χ1) is 25.8. The van der Waals surface area contributed by atoms with E-state index in [9.17, 15) is 0 Å². The standard InChI is InChI=1S/C48H30N2OS/c1-2-12-31(13-3-1)35-18-10-19-41-43(35)40-28-39(36-15-6-7-16-37(36)46(40)51-41)48-49-44(47-45(50-48)38-17-8-9-20-42(38)52-47)32-24-21-30(22-25-32)34-26-23-29-11-4-5-14-33(29)27-34/h1-28,41,43H. The van der Waals surface area contributed by atoms with Crippen LogP contribution in [-0.2, 0) is 0 Å². The van der Waals surface area contributed by atoms with Crippen molar-refractivity contribution in [1.82, 2.24) is 9.97 Å². The van der Waals surface area contributed by atoms with Crippen LogP contribution in [0.15, 0.2) is 170 Å². The van der Waals surface area contributed by atoms with Crippen molar-refractivity contribution >= 4 is 58.8 Å². The molecule has 52 heavy (non-hydrogen) atoms. The molecule has 9 aromatic rings. The Balaban J connectivity index is 1.11. The number of nitrogens with zero attached hydrogens (tertiary/aromatic N) is 2. The first kappa shape index (κ1) is 29.4. The van der Waals surface area contributed by atoms with Crippen molar-refractivity contribution in [1.29, 1.82) is 0 Å². The van der Waals surface area contributed by atoms with Crippen LogP contribution in [0.5, 0.6) is 5.75 Å². The molecule has 1 aliphatic carbocycles. The molecular weight excluding hydrogens is 653 g/mol. The highest BCUT2D eigenvalue weighted by atomic mass is 32.1. The smallest absolute Gasteiger partial charge is 0.161 e. The summed E-state index contributed by atoms with van der Waals surface area (Å²) in [6, 6.07) is 54.2. The Morgan fingerprint density at radius 3 is 2.13 bits per heavy atom. The molecule has 7 aromatic carbocycles. The minimum absolute atomic E-state index is 0.0681. The van der Waals surface area contributed by atoms with Gasteiger partial charge in [-0.15, -0.1) is 11.3 Å². The fraction of sp³-hybridized carbons (Fsp3) is 0.0417. The Hall–Kier alpha value is -6.36. The lowest BCUT2D eigenvalue weighted by molar-refractivity contribution is 0.274. The summed E-state index contributed by atoms with van der Waals surface area (Å²) >= 11 is 1.77. The van der Waals surface area contributed by atoms with Crippen molar-refractivity contribution in [2.24, 2.45) is 0 Å². The first-order valence-corrected chi connectivity index (χ1v) is 18.5. The maximum Gasteiger partial charge on any atom is 0.161 e. The number of fused-ring (bicyclic) bond motifs is 9. The molecule has 0 bridgehead atoms. The van der Waals surface area contributed by atoms with Crippen LogP contribution in [0.25, 0.3) is 81.2 Å². The summed E-state index contributed by atoms with van der Waals surface area (Å²) in [6.45, 7) is 0. The second-order valence-corrected chi connectivity index (χ2v) is 14.7. The van der Waals surface area contributed by atoms with Crippen molar-refractivity contribution in [2.45, 2.75) is 12.0 Å². The van der Waals surface area contributed by atoms with Crippen LogP contribution in [0.2, 0.25) is 0 Å². The van der Waals surface area contributed by atoms with E-state index in [0.717, 1.165) is 54.8 Å². The molecule has 0 fully saturated rings. The zero-order valence-corrected chi connectivity index (χ0v) is 28.8. The highest BCUT2D eigenvalue weighted by Gasteiger charge is 2.39. The molecule has 3 nitrogen and oxygen atoms in total. The fourth-order valence-corrected chi connectivity index (χ4v) is 9.32. The Morgan fingerprint density at radius 1 is 0.558 bits per heavy atom. The number of rotatable bonds is 4. The minimum Gasteiger partial charge on any atom is -0.484 e. The van der Waals surface area contributed by atoms with Gasteiger partial charge in [-0.05, 0) is 62.7 Å². The lowest BCUT2D eigenvalue weighted by Crippen LogP contribution is -2.19. The van der Waals surface area contributed by atoms with Gasteiger partial charge in [-0.25, -0.2) is 9.97 Å². The zero-order valence-electron chi connectivity index (χ0n) is 28.0. The molecule has 3 heterocycles. The molecule has 244 valence electrons. The molecule has 0 saturated carbocycles. The number of hydrogen-bond acceptors (Lipinski definition) is 4. The highest BCUT2D eigenvalue weighted by molar-refractivity contribution is 7.26. The SMILES string of the molecule is C1=CC2Oc3c(cc(-c4nc(-c5ccc(-c6ccc7ccccc7c6)cc5)c5sc6ccccc6c5n4)c4ccccc34)C2C(c2ccccc2)=C1. The van der Waals surface area contributed by atoms with Gasteiger partial charge in [-0.2, -0.15) is 0 Å². The van der Waals surface area contributed by atoms with Gasteiger partial charge in [0.25, 0.3) is 0 Å². The van der Waals surface area contributed by atoms with Crippen LogP contribution in [0.1, 0.15) is 17.0 Å². The number of ether oxygens (including phenoxy) is 1. The van der Waals surface area contributed by atoms with E-state index in [1.54, 1.807) is 11.3 Å². The number of aromatic nitrogens is 2. The average molecular weight is 683 g/mol. The van der Waals surface area contributed by atoms with Gasteiger partial charge in [-0.1, -0.05) is 146 Å². The van der Waals surface area contributed by atoms with E-state index in [1.807, 2.05) is 0 Å². The molecule has 0 amide bonds. The quantitative estimate of drug-likeness (QED) is 0.185. The molecule has 2 aliphatic rings. The van der Waals surface area contributed by atoms with E-state index >= 15 is 0 Å². The van der Waals surface area contributed by atoms with Crippen LogP contribution >= 0.6 is 11.3 Å². The average Bonchev–Trinajstić information content (AvgIpc) is 3.79. The van der Waals surface area contributed by atoms with Crippen LogP contribution in [0.3, 0.4) is 0 Å².